The van der Waals surface area contributed by atoms with Crippen LogP contribution in [0.1, 0.15) is 137 Å². The van der Waals surface area contributed by atoms with Gasteiger partial charge in [0.25, 0.3) is 0 Å². The average molecular weight is 568 g/mol. The minimum atomic E-state index is -1.13. The molecule has 0 aliphatic heterocycles. The lowest BCUT2D eigenvalue weighted by Crippen LogP contribution is -2.45. The molecule has 0 heterocycles. The Kier molecular flexibility index (Phi) is 22.7. The highest BCUT2D eigenvalue weighted by Gasteiger charge is 2.20. The van der Waals surface area contributed by atoms with E-state index in [-0.39, 0.29) is 18.9 Å². The summed E-state index contributed by atoms with van der Waals surface area (Å²) in [6, 6.07) is -1.05. The molecule has 0 aromatic rings. The Hall–Kier alpha value is -2.58. The van der Waals surface area contributed by atoms with Crippen molar-refractivity contribution in [2.45, 2.75) is 148 Å². The van der Waals surface area contributed by atoms with Crippen molar-refractivity contribution < 1.29 is 29.0 Å². The molecule has 40 heavy (non-hydrogen) atoms. The van der Waals surface area contributed by atoms with Gasteiger partial charge < -0.3 is 25.8 Å². The van der Waals surface area contributed by atoms with Crippen LogP contribution in [0, 0.1) is 0 Å². The summed E-state index contributed by atoms with van der Waals surface area (Å²) in [5, 5.41) is 17.0. The molecular formula is C31H57N3O6. The summed E-state index contributed by atoms with van der Waals surface area (Å²) in [5.74, 6) is -1.86. The largest absolute Gasteiger partial charge is 0.480 e. The molecule has 0 saturated heterocycles. The molecule has 0 aromatic carbocycles. The van der Waals surface area contributed by atoms with E-state index in [1.54, 1.807) is 20.8 Å². The van der Waals surface area contributed by atoms with Gasteiger partial charge in [0.15, 0.2) is 0 Å². The zero-order chi connectivity index (χ0) is 30.1. The third-order valence-electron chi connectivity index (χ3n) is 6.33. The quantitative estimate of drug-likeness (QED) is 0.0787. The predicted molar refractivity (Wildman–Crippen MR) is 160 cm³/mol. The van der Waals surface area contributed by atoms with Crippen LogP contribution in [0.4, 0.5) is 4.79 Å². The summed E-state index contributed by atoms with van der Waals surface area (Å²) >= 11 is 0. The van der Waals surface area contributed by atoms with Crippen LogP contribution in [0.25, 0.3) is 0 Å². The maximum Gasteiger partial charge on any atom is 0.407 e. The van der Waals surface area contributed by atoms with Gasteiger partial charge >= 0.3 is 12.1 Å². The molecule has 232 valence electrons. The number of carboxylic acid groups (broad SMARTS) is 1. The number of hydrogen-bond donors (Lipinski definition) is 4. The van der Waals surface area contributed by atoms with Crippen LogP contribution in [-0.2, 0) is 19.1 Å². The second-order valence-electron chi connectivity index (χ2n) is 11.5. The molecule has 0 spiro atoms. The van der Waals surface area contributed by atoms with Gasteiger partial charge in [-0.15, -0.1) is 0 Å². The first kappa shape index (κ1) is 37.4. The Balaban J connectivity index is 3.79. The standard InChI is InChI=1S/C31H57N3O6/c1-5-6-7-8-9-10-11-12-13-14-15-16-17-18-19-23-27(35)33-25-28(36)34-26(29(37)38)22-20-21-24-32-30(39)40-31(2,3)4/h12-13,26H,5-11,14-25H2,1-4H3,(H,32,39)(H,33,35)(H,34,36)(H,37,38)/b13-12+. The van der Waals surface area contributed by atoms with Crippen LogP contribution in [0.5, 0.6) is 0 Å². The average Bonchev–Trinajstić information content (AvgIpc) is 2.87. The smallest absolute Gasteiger partial charge is 0.407 e. The number of unbranched alkanes of at least 4 members (excludes halogenated alkanes) is 12. The third-order valence-corrected chi connectivity index (χ3v) is 6.33. The van der Waals surface area contributed by atoms with Gasteiger partial charge in [-0.25, -0.2) is 9.59 Å². The highest BCUT2D eigenvalue weighted by Crippen LogP contribution is 2.10. The van der Waals surface area contributed by atoms with Crippen molar-refractivity contribution in [2.24, 2.45) is 0 Å². The van der Waals surface area contributed by atoms with Crippen molar-refractivity contribution in [3.8, 4) is 0 Å². The number of alkyl carbamates (subject to hydrolysis) is 1. The molecule has 1 unspecified atom stereocenters. The molecule has 0 bridgehead atoms. The predicted octanol–water partition coefficient (Wildman–Crippen LogP) is 6.40. The van der Waals surface area contributed by atoms with Crippen LogP contribution >= 0.6 is 0 Å². The summed E-state index contributed by atoms with van der Waals surface area (Å²) in [7, 11) is 0. The number of carboxylic acids is 1. The van der Waals surface area contributed by atoms with E-state index in [0.717, 1.165) is 32.1 Å². The topological polar surface area (TPSA) is 134 Å². The second kappa shape index (κ2) is 24.2. The molecular weight excluding hydrogens is 510 g/mol. The monoisotopic (exact) mass is 567 g/mol. The van der Waals surface area contributed by atoms with Crippen LogP contribution in [0.15, 0.2) is 12.2 Å². The van der Waals surface area contributed by atoms with E-state index in [0.29, 0.717) is 25.8 Å². The van der Waals surface area contributed by atoms with E-state index in [1.807, 2.05) is 0 Å². The Labute approximate surface area is 242 Å². The molecule has 4 N–H and O–H groups in total. The molecule has 9 heteroatoms. The number of rotatable bonds is 24. The first-order valence-corrected chi connectivity index (χ1v) is 15.5. The summed E-state index contributed by atoms with van der Waals surface area (Å²) in [6.45, 7) is 7.67. The SMILES string of the molecule is CCCCCCCC/C=C/CCCCCCCC(=O)NCC(=O)NC(CCCCNC(=O)OC(C)(C)C)C(=O)O. The number of ether oxygens (including phenoxy) is 1. The number of carbonyl (C=O) groups excluding carboxylic acids is 3. The second-order valence-corrected chi connectivity index (χ2v) is 11.5. The van der Waals surface area contributed by atoms with E-state index in [2.05, 4.69) is 35.0 Å². The summed E-state index contributed by atoms with van der Waals surface area (Å²) in [4.78, 5) is 47.2. The lowest BCUT2D eigenvalue weighted by Gasteiger charge is -2.19. The summed E-state index contributed by atoms with van der Waals surface area (Å²) in [6.07, 6.45) is 21.2. The highest BCUT2D eigenvalue weighted by molar-refractivity contribution is 5.87. The number of carbonyl (C=O) groups is 4. The Morgan fingerprint density at radius 1 is 0.750 bits per heavy atom. The molecule has 9 nitrogen and oxygen atoms in total. The first-order chi connectivity index (χ1) is 19.0. The fraction of sp³-hybridized carbons (Fsp3) is 0.806. The molecule has 0 rings (SSSR count). The van der Waals surface area contributed by atoms with E-state index in [9.17, 15) is 24.3 Å². The minimum Gasteiger partial charge on any atom is -0.480 e. The van der Waals surface area contributed by atoms with Crippen LogP contribution < -0.4 is 16.0 Å². The molecule has 3 amide bonds. The lowest BCUT2D eigenvalue weighted by atomic mass is 10.1. The van der Waals surface area contributed by atoms with Gasteiger partial charge in [-0.3, -0.25) is 9.59 Å². The van der Waals surface area contributed by atoms with Crippen molar-refractivity contribution in [1.29, 1.82) is 0 Å². The molecule has 0 fully saturated rings. The van der Waals surface area contributed by atoms with E-state index in [1.165, 1.54) is 51.4 Å². The van der Waals surface area contributed by atoms with Gasteiger partial charge in [-0.05, 0) is 72.1 Å². The maximum atomic E-state index is 12.1. The molecule has 0 aliphatic carbocycles. The first-order valence-electron chi connectivity index (χ1n) is 15.5. The van der Waals surface area contributed by atoms with Crippen LogP contribution in [0.3, 0.4) is 0 Å². The van der Waals surface area contributed by atoms with Crippen LogP contribution in [-0.4, -0.2) is 53.7 Å². The van der Waals surface area contributed by atoms with E-state index >= 15 is 0 Å². The number of aliphatic carboxylic acids is 1. The highest BCUT2D eigenvalue weighted by atomic mass is 16.6. The number of allylic oxidation sites excluding steroid dienone is 2. The van der Waals surface area contributed by atoms with Gasteiger partial charge in [0.1, 0.15) is 11.6 Å². The Morgan fingerprint density at radius 2 is 1.32 bits per heavy atom. The van der Waals surface area contributed by atoms with Crippen molar-refractivity contribution in [3.05, 3.63) is 12.2 Å². The van der Waals surface area contributed by atoms with Gasteiger partial charge in [-0.2, -0.15) is 0 Å². The van der Waals surface area contributed by atoms with Gasteiger partial charge in [0, 0.05) is 13.0 Å². The lowest BCUT2D eigenvalue weighted by molar-refractivity contribution is -0.142. The summed E-state index contributed by atoms with van der Waals surface area (Å²) < 4.78 is 5.14. The fourth-order valence-electron chi connectivity index (χ4n) is 4.10. The zero-order valence-electron chi connectivity index (χ0n) is 25.7. The van der Waals surface area contributed by atoms with E-state index < -0.39 is 29.6 Å². The summed E-state index contributed by atoms with van der Waals surface area (Å²) in [5.41, 5.74) is -0.581. The fourth-order valence-corrected chi connectivity index (χ4v) is 4.10. The molecule has 0 radical (unpaired) electrons. The van der Waals surface area contributed by atoms with Gasteiger partial charge in [0.2, 0.25) is 11.8 Å². The van der Waals surface area contributed by atoms with Crippen molar-refractivity contribution in [2.75, 3.05) is 13.1 Å². The van der Waals surface area contributed by atoms with Crippen molar-refractivity contribution in [1.82, 2.24) is 16.0 Å². The van der Waals surface area contributed by atoms with Gasteiger partial charge in [-0.1, -0.05) is 70.4 Å². The number of amides is 3. The zero-order valence-corrected chi connectivity index (χ0v) is 25.7. The molecule has 0 saturated carbocycles. The van der Waals surface area contributed by atoms with E-state index in [4.69, 9.17) is 4.74 Å². The number of hydrogen-bond acceptors (Lipinski definition) is 5. The van der Waals surface area contributed by atoms with Crippen LogP contribution in [0.2, 0.25) is 0 Å². The van der Waals surface area contributed by atoms with Gasteiger partial charge in [0.05, 0.1) is 6.54 Å². The molecule has 0 aromatic heterocycles. The minimum absolute atomic E-state index is 0.201. The third kappa shape index (κ3) is 25.7. The normalized spacial score (nSPS) is 12.2. The number of nitrogens with one attached hydrogen (secondary N) is 3. The maximum absolute atomic E-state index is 12.1. The molecule has 1 atom stereocenters. The Bertz CT molecular complexity index is 733. The van der Waals surface area contributed by atoms with Crippen molar-refractivity contribution >= 4 is 23.9 Å². The molecule has 0 aliphatic rings. The van der Waals surface area contributed by atoms with Crippen molar-refractivity contribution in [3.63, 3.8) is 0 Å². The Morgan fingerprint density at radius 3 is 1.90 bits per heavy atom.